The maximum atomic E-state index is 13.1. The van der Waals surface area contributed by atoms with Crippen molar-refractivity contribution < 1.29 is 9.59 Å². The van der Waals surface area contributed by atoms with Crippen LogP contribution in [0.15, 0.2) is 0 Å². The molecule has 4 heteroatoms. The van der Waals surface area contributed by atoms with Crippen LogP contribution in [-0.4, -0.2) is 35.8 Å². The fraction of sp³-hybridized carbons (Fsp3) is 0.895. The molecule has 0 unspecified atom stereocenters. The lowest BCUT2D eigenvalue weighted by Crippen LogP contribution is -2.45. The van der Waals surface area contributed by atoms with Crippen molar-refractivity contribution in [3.8, 4) is 0 Å². The minimum Gasteiger partial charge on any atom is -0.315 e. The van der Waals surface area contributed by atoms with Crippen LogP contribution >= 0.6 is 0 Å². The predicted molar refractivity (Wildman–Crippen MR) is 90.9 cm³/mol. The number of imide groups is 1. The molecule has 2 amide bonds. The highest BCUT2D eigenvalue weighted by Gasteiger charge is 2.56. The average molecular weight is 320 g/mol. The second kappa shape index (κ2) is 6.54. The second-order valence-corrected chi connectivity index (χ2v) is 8.17. The number of carbonyl (C=O) groups is 2. The lowest BCUT2D eigenvalue weighted by atomic mass is 9.60. The highest BCUT2D eigenvalue weighted by atomic mass is 16.2. The van der Waals surface area contributed by atoms with Crippen molar-refractivity contribution in [2.45, 2.75) is 84.1 Å². The Morgan fingerprint density at radius 3 is 2.26 bits per heavy atom. The number of hydrogen-bond acceptors (Lipinski definition) is 3. The number of nitrogens with zero attached hydrogens (tertiary/aromatic N) is 1. The Balaban J connectivity index is 1.72. The second-order valence-electron chi connectivity index (χ2n) is 8.17. The standard InChI is InChI=1S/C19H32N2O2/c1-3-6-18(7-4-2)8-10-19(11-9-18)13-16(22)21(17(19)23)15-5-12-20-14-15/h15,20H,3-14H2,1-2H3/t15-/m1/s1. The van der Waals surface area contributed by atoms with E-state index in [-0.39, 0.29) is 23.3 Å². The molecule has 0 aromatic rings. The minimum absolute atomic E-state index is 0.0854. The van der Waals surface area contributed by atoms with E-state index in [2.05, 4.69) is 19.2 Å². The summed E-state index contributed by atoms with van der Waals surface area (Å²) in [6.45, 7) is 6.23. The van der Waals surface area contributed by atoms with Crippen molar-refractivity contribution in [2.24, 2.45) is 10.8 Å². The number of carbonyl (C=O) groups excluding carboxylic acids is 2. The maximum Gasteiger partial charge on any atom is 0.236 e. The molecule has 1 aliphatic carbocycles. The normalized spacial score (nSPS) is 29.7. The quantitative estimate of drug-likeness (QED) is 0.791. The van der Waals surface area contributed by atoms with Crippen LogP contribution in [0.5, 0.6) is 0 Å². The van der Waals surface area contributed by atoms with Gasteiger partial charge < -0.3 is 5.32 Å². The Labute approximate surface area is 140 Å². The summed E-state index contributed by atoms with van der Waals surface area (Å²) < 4.78 is 0. The fourth-order valence-electron chi connectivity index (χ4n) is 5.38. The van der Waals surface area contributed by atoms with Crippen LogP contribution in [0.4, 0.5) is 0 Å². The van der Waals surface area contributed by atoms with E-state index in [1.807, 2.05) is 0 Å². The highest BCUT2D eigenvalue weighted by Crippen LogP contribution is 2.54. The number of rotatable bonds is 5. The molecule has 3 fully saturated rings. The third-order valence-electron chi connectivity index (χ3n) is 6.66. The summed E-state index contributed by atoms with van der Waals surface area (Å²) in [6.07, 6.45) is 10.5. The zero-order valence-corrected chi connectivity index (χ0v) is 14.8. The molecule has 3 aliphatic rings. The molecule has 0 aromatic heterocycles. The van der Waals surface area contributed by atoms with Crippen LogP contribution in [-0.2, 0) is 9.59 Å². The summed E-state index contributed by atoms with van der Waals surface area (Å²) >= 11 is 0. The molecule has 1 atom stereocenters. The fourth-order valence-corrected chi connectivity index (χ4v) is 5.38. The van der Waals surface area contributed by atoms with Crippen LogP contribution in [0.1, 0.15) is 78.1 Å². The van der Waals surface area contributed by atoms with Gasteiger partial charge in [0.25, 0.3) is 0 Å². The highest BCUT2D eigenvalue weighted by molar-refractivity contribution is 6.06. The van der Waals surface area contributed by atoms with Crippen molar-refractivity contribution in [3.63, 3.8) is 0 Å². The van der Waals surface area contributed by atoms with E-state index >= 15 is 0 Å². The van der Waals surface area contributed by atoms with Gasteiger partial charge in [0.2, 0.25) is 11.8 Å². The van der Waals surface area contributed by atoms with Gasteiger partial charge in [0.05, 0.1) is 11.5 Å². The minimum atomic E-state index is -0.356. The Kier molecular flexibility index (Phi) is 4.82. The van der Waals surface area contributed by atoms with E-state index < -0.39 is 0 Å². The first-order valence-corrected chi connectivity index (χ1v) is 9.63. The van der Waals surface area contributed by atoms with Crippen LogP contribution < -0.4 is 5.32 Å². The third kappa shape index (κ3) is 2.95. The summed E-state index contributed by atoms with van der Waals surface area (Å²) in [6, 6.07) is 0.104. The van der Waals surface area contributed by atoms with Gasteiger partial charge >= 0.3 is 0 Å². The zero-order chi connectivity index (χ0) is 16.5. The molecule has 1 saturated carbocycles. The molecule has 2 saturated heterocycles. The number of likely N-dealkylation sites (tertiary alicyclic amines) is 1. The van der Waals surface area contributed by atoms with Gasteiger partial charge in [-0.1, -0.05) is 26.7 Å². The Morgan fingerprint density at radius 1 is 1.09 bits per heavy atom. The van der Waals surface area contributed by atoms with Crippen LogP contribution in [0.2, 0.25) is 0 Å². The molecule has 0 bridgehead atoms. The van der Waals surface area contributed by atoms with E-state index in [0.717, 1.165) is 45.2 Å². The van der Waals surface area contributed by atoms with Gasteiger partial charge in [-0.15, -0.1) is 0 Å². The molecular weight excluding hydrogens is 288 g/mol. The van der Waals surface area contributed by atoms with Gasteiger partial charge in [-0.3, -0.25) is 14.5 Å². The molecule has 0 aromatic carbocycles. The van der Waals surface area contributed by atoms with E-state index in [9.17, 15) is 9.59 Å². The van der Waals surface area contributed by atoms with Crippen LogP contribution in [0.25, 0.3) is 0 Å². The number of hydrogen-bond donors (Lipinski definition) is 1. The van der Waals surface area contributed by atoms with Gasteiger partial charge in [0, 0.05) is 13.0 Å². The van der Waals surface area contributed by atoms with Gasteiger partial charge in [-0.05, 0) is 56.9 Å². The van der Waals surface area contributed by atoms with E-state index in [1.54, 1.807) is 4.90 Å². The SMILES string of the molecule is CCCC1(CCC)CCC2(CC1)CC(=O)N([C@@H]1CCNC1)C2=O. The largest absolute Gasteiger partial charge is 0.315 e. The van der Waals surface area contributed by atoms with Crippen molar-refractivity contribution in [1.82, 2.24) is 10.2 Å². The van der Waals surface area contributed by atoms with E-state index in [0.29, 0.717) is 11.8 Å². The summed E-state index contributed by atoms with van der Waals surface area (Å²) in [5.74, 6) is 0.236. The van der Waals surface area contributed by atoms with Crippen molar-refractivity contribution in [2.75, 3.05) is 13.1 Å². The van der Waals surface area contributed by atoms with Crippen LogP contribution in [0.3, 0.4) is 0 Å². The molecule has 4 nitrogen and oxygen atoms in total. The average Bonchev–Trinajstić information content (AvgIpc) is 3.11. The lowest BCUT2D eigenvalue weighted by molar-refractivity contribution is -0.145. The first kappa shape index (κ1) is 16.9. The molecule has 1 spiro atoms. The summed E-state index contributed by atoms with van der Waals surface area (Å²) in [7, 11) is 0. The van der Waals surface area contributed by atoms with Gasteiger partial charge in [0.1, 0.15) is 0 Å². The summed E-state index contributed by atoms with van der Waals surface area (Å²) in [5, 5.41) is 3.28. The smallest absolute Gasteiger partial charge is 0.236 e. The maximum absolute atomic E-state index is 13.1. The summed E-state index contributed by atoms with van der Waals surface area (Å²) in [4.78, 5) is 27.3. The molecule has 130 valence electrons. The Morgan fingerprint density at radius 2 is 1.74 bits per heavy atom. The third-order valence-corrected chi connectivity index (χ3v) is 6.66. The van der Waals surface area contributed by atoms with Crippen molar-refractivity contribution >= 4 is 11.8 Å². The molecule has 0 radical (unpaired) electrons. The number of amides is 2. The van der Waals surface area contributed by atoms with E-state index in [4.69, 9.17) is 0 Å². The molecule has 3 rings (SSSR count). The Hall–Kier alpha value is -0.900. The van der Waals surface area contributed by atoms with Gasteiger partial charge in [-0.25, -0.2) is 0 Å². The van der Waals surface area contributed by atoms with Crippen LogP contribution in [0, 0.1) is 10.8 Å². The van der Waals surface area contributed by atoms with E-state index in [1.165, 1.54) is 25.7 Å². The lowest BCUT2D eigenvalue weighted by Gasteiger charge is -2.44. The molecule has 2 aliphatic heterocycles. The van der Waals surface area contributed by atoms with Crippen molar-refractivity contribution in [1.29, 1.82) is 0 Å². The monoisotopic (exact) mass is 320 g/mol. The number of nitrogens with one attached hydrogen (secondary N) is 1. The zero-order valence-electron chi connectivity index (χ0n) is 14.8. The molecule has 23 heavy (non-hydrogen) atoms. The first-order chi connectivity index (χ1) is 11.1. The topological polar surface area (TPSA) is 49.4 Å². The van der Waals surface area contributed by atoms with Crippen molar-refractivity contribution in [3.05, 3.63) is 0 Å². The molecular formula is C19H32N2O2. The predicted octanol–water partition coefficient (Wildman–Crippen LogP) is 3.25. The van der Waals surface area contributed by atoms with Gasteiger partial charge in [0.15, 0.2) is 0 Å². The first-order valence-electron chi connectivity index (χ1n) is 9.63. The van der Waals surface area contributed by atoms with Gasteiger partial charge in [-0.2, -0.15) is 0 Å². The Bertz CT molecular complexity index is 452. The molecule has 1 N–H and O–H groups in total. The molecule has 2 heterocycles. The summed E-state index contributed by atoms with van der Waals surface area (Å²) in [5.41, 5.74) is 0.0745.